The quantitative estimate of drug-likeness (QED) is 0.165. The van der Waals surface area contributed by atoms with Crippen LogP contribution in [0.2, 0.25) is 0 Å². The van der Waals surface area contributed by atoms with E-state index in [4.69, 9.17) is 9.47 Å². The third kappa shape index (κ3) is 5.96. The molecule has 0 fully saturated rings. The Balaban J connectivity index is 1.61. The molecule has 0 saturated carbocycles. The number of rotatable bonds is 10. The Morgan fingerprint density at radius 2 is 1.80 bits per heavy atom. The Morgan fingerprint density at radius 3 is 2.49 bits per heavy atom. The fourth-order valence-corrected chi connectivity index (χ4v) is 4.68. The van der Waals surface area contributed by atoms with E-state index in [0.29, 0.717) is 40.3 Å². The lowest BCUT2D eigenvalue weighted by Crippen LogP contribution is -2.11. The summed E-state index contributed by atoms with van der Waals surface area (Å²) in [6.07, 6.45) is 0. The van der Waals surface area contributed by atoms with Gasteiger partial charge in [0.2, 0.25) is 6.54 Å². The van der Waals surface area contributed by atoms with Gasteiger partial charge < -0.3 is 9.47 Å². The molecule has 35 heavy (non-hydrogen) atoms. The summed E-state index contributed by atoms with van der Waals surface area (Å²) in [5.41, 5.74) is 2.36. The average molecular weight is 495 g/mol. The monoisotopic (exact) mass is 494 g/mol. The molecule has 1 atom stereocenters. The van der Waals surface area contributed by atoms with Gasteiger partial charge in [0, 0.05) is 10.6 Å². The Kier molecular flexibility index (Phi) is 7.61. The molecule has 4 aromatic rings. The molecule has 0 radical (unpaired) electrons. The molecular weight excluding hydrogens is 471 g/mol. The molecule has 0 spiro atoms. The summed E-state index contributed by atoms with van der Waals surface area (Å²) >= 11 is 1.21. The Bertz CT molecular complexity index is 1300. The molecule has 4 rings (SSSR count). The Labute approximate surface area is 205 Å². The number of aromatic nitrogens is 3. The van der Waals surface area contributed by atoms with Crippen LogP contribution in [0.3, 0.4) is 0 Å². The highest BCUT2D eigenvalue weighted by atomic mass is 32.2. The van der Waals surface area contributed by atoms with Crippen LogP contribution in [0.5, 0.6) is 11.5 Å². The fourth-order valence-electron chi connectivity index (χ4n) is 3.52. The van der Waals surface area contributed by atoms with Crippen LogP contribution in [0, 0.1) is 22.9 Å². The molecule has 0 saturated heterocycles. The minimum Gasteiger partial charge on any atom is -0.493 e. The van der Waals surface area contributed by atoms with Gasteiger partial charge in [-0.3, -0.25) is 14.7 Å². The molecule has 0 bridgehead atoms. The number of thioether (sulfide) groups is 1. The van der Waals surface area contributed by atoms with E-state index in [9.17, 15) is 14.5 Å². The van der Waals surface area contributed by atoms with Crippen molar-refractivity contribution in [2.75, 3.05) is 13.7 Å². The first-order chi connectivity index (χ1) is 16.9. The van der Waals surface area contributed by atoms with Crippen molar-refractivity contribution in [3.8, 4) is 17.2 Å². The number of hydrogen-bond acceptors (Lipinski definition) is 7. The number of methoxy groups -OCH3 is 1. The predicted molar refractivity (Wildman–Crippen MR) is 130 cm³/mol. The average Bonchev–Trinajstić information content (AvgIpc) is 3.23. The van der Waals surface area contributed by atoms with Crippen molar-refractivity contribution < 1.29 is 18.8 Å². The summed E-state index contributed by atoms with van der Waals surface area (Å²) in [5, 5.41) is 19.7. The van der Waals surface area contributed by atoms with Gasteiger partial charge in [0.1, 0.15) is 23.5 Å². The summed E-state index contributed by atoms with van der Waals surface area (Å²) in [6, 6.07) is 20.9. The molecule has 0 amide bonds. The van der Waals surface area contributed by atoms with E-state index >= 15 is 0 Å². The maximum Gasteiger partial charge on any atom is 0.220 e. The van der Waals surface area contributed by atoms with Crippen molar-refractivity contribution in [3.63, 3.8) is 0 Å². The van der Waals surface area contributed by atoms with Gasteiger partial charge in [-0.25, -0.2) is 4.39 Å². The molecule has 180 valence electrons. The van der Waals surface area contributed by atoms with Crippen LogP contribution in [0.1, 0.15) is 22.2 Å². The van der Waals surface area contributed by atoms with Gasteiger partial charge in [0.15, 0.2) is 16.7 Å². The SMILES string of the molecule is COc1cc([C@@H](C[N+](=O)[O-])Sc2nnc(C)n2-c2ccc(F)cc2)ccc1OCc1ccccc1. The molecule has 0 aliphatic heterocycles. The predicted octanol–water partition coefficient (Wildman–Crippen LogP) is 5.41. The van der Waals surface area contributed by atoms with E-state index in [0.717, 1.165) is 5.56 Å². The van der Waals surface area contributed by atoms with E-state index in [1.807, 2.05) is 30.3 Å². The number of benzene rings is 3. The minimum absolute atomic E-state index is 0.340. The van der Waals surface area contributed by atoms with Crippen molar-refractivity contribution >= 4 is 11.8 Å². The molecule has 3 aromatic carbocycles. The lowest BCUT2D eigenvalue weighted by atomic mass is 10.1. The normalized spacial score (nSPS) is 11.7. The number of hydrogen-bond donors (Lipinski definition) is 0. The van der Waals surface area contributed by atoms with Gasteiger partial charge in [0.05, 0.1) is 7.11 Å². The standard InChI is InChI=1S/C25H23FN4O4S/c1-17-27-28-25(30(17)21-11-9-20(26)10-12-21)35-24(15-29(31)32)19-8-13-22(23(14-19)33-2)34-16-18-6-4-3-5-7-18/h3-14,24H,15-16H2,1-2H3/t24-/m1/s1. The topological polar surface area (TPSA) is 92.3 Å². The highest BCUT2D eigenvalue weighted by Crippen LogP contribution is 2.39. The van der Waals surface area contributed by atoms with Gasteiger partial charge in [-0.2, -0.15) is 0 Å². The van der Waals surface area contributed by atoms with Crippen LogP contribution in [0.15, 0.2) is 78.0 Å². The van der Waals surface area contributed by atoms with Crippen molar-refractivity contribution in [3.05, 3.63) is 106 Å². The second-order valence-electron chi connectivity index (χ2n) is 7.65. The summed E-state index contributed by atoms with van der Waals surface area (Å²) in [4.78, 5) is 11.1. The summed E-state index contributed by atoms with van der Waals surface area (Å²) < 4.78 is 26.6. The zero-order valence-electron chi connectivity index (χ0n) is 19.1. The zero-order valence-corrected chi connectivity index (χ0v) is 19.9. The first-order valence-electron chi connectivity index (χ1n) is 10.8. The third-order valence-electron chi connectivity index (χ3n) is 5.24. The van der Waals surface area contributed by atoms with Crippen molar-refractivity contribution in [1.82, 2.24) is 14.8 Å². The smallest absolute Gasteiger partial charge is 0.220 e. The number of halogens is 1. The maximum absolute atomic E-state index is 13.4. The first-order valence-corrected chi connectivity index (χ1v) is 11.6. The molecule has 0 unspecified atom stereocenters. The summed E-state index contributed by atoms with van der Waals surface area (Å²) in [5.74, 6) is 1.24. The van der Waals surface area contributed by atoms with Gasteiger partial charge in [0.25, 0.3) is 0 Å². The van der Waals surface area contributed by atoms with Gasteiger partial charge >= 0.3 is 0 Å². The molecule has 0 aliphatic carbocycles. The second kappa shape index (κ2) is 11.0. The van der Waals surface area contributed by atoms with Crippen LogP contribution < -0.4 is 9.47 Å². The molecule has 1 aromatic heterocycles. The minimum atomic E-state index is -0.579. The van der Waals surface area contributed by atoms with Crippen molar-refractivity contribution in [2.45, 2.75) is 23.9 Å². The van der Waals surface area contributed by atoms with E-state index in [2.05, 4.69) is 10.2 Å². The molecular formula is C25H23FN4O4S. The number of nitrogens with zero attached hydrogens (tertiary/aromatic N) is 4. The lowest BCUT2D eigenvalue weighted by molar-refractivity contribution is -0.479. The lowest BCUT2D eigenvalue weighted by Gasteiger charge is -2.17. The van der Waals surface area contributed by atoms with Crippen LogP contribution in [-0.4, -0.2) is 33.3 Å². The van der Waals surface area contributed by atoms with Crippen LogP contribution >= 0.6 is 11.8 Å². The number of ether oxygens (including phenoxy) is 2. The van der Waals surface area contributed by atoms with Gasteiger partial charge in [-0.05, 0) is 54.4 Å². The number of aryl methyl sites for hydroxylation is 1. The van der Waals surface area contributed by atoms with Crippen molar-refractivity contribution in [1.29, 1.82) is 0 Å². The van der Waals surface area contributed by atoms with Crippen LogP contribution in [-0.2, 0) is 6.61 Å². The largest absolute Gasteiger partial charge is 0.493 e. The highest BCUT2D eigenvalue weighted by molar-refractivity contribution is 7.99. The zero-order chi connectivity index (χ0) is 24.8. The summed E-state index contributed by atoms with van der Waals surface area (Å²) in [6.45, 7) is 1.79. The number of nitro groups is 1. The van der Waals surface area contributed by atoms with E-state index < -0.39 is 5.25 Å². The fraction of sp³-hybridized carbons (Fsp3) is 0.200. The molecule has 0 N–H and O–H groups in total. The Hall–Kier alpha value is -3.92. The van der Waals surface area contributed by atoms with E-state index in [1.165, 1.54) is 31.0 Å². The summed E-state index contributed by atoms with van der Waals surface area (Å²) in [7, 11) is 1.53. The molecule has 10 heteroatoms. The highest BCUT2D eigenvalue weighted by Gasteiger charge is 2.25. The second-order valence-corrected chi connectivity index (χ2v) is 8.82. The first kappa shape index (κ1) is 24.2. The van der Waals surface area contributed by atoms with Gasteiger partial charge in [-0.15, -0.1) is 10.2 Å². The molecule has 8 nitrogen and oxygen atoms in total. The van der Waals surface area contributed by atoms with Gasteiger partial charge in [-0.1, -0.05) is 48.2 Å². The van der Waals surface area contributed by atoms with Crippen molar-refractivity contribution in [2.24, 2.45) is 0 Å². The maximum atomic E-state index is 13.4. The third-order valence-corrected chi connectivity index (χ3v) is 6.42. The Morgan fingerprint density at radius 1 is 1.06 bits per heavy atom. The van der Waals surface area contributed by atoms with E-state index in [1.54, 1.807) is 41.8 Å². The van der Waals surface area contributed by atoms with E-state index in [-0.39, 0.29) is 17.3 Å². The van der Waals surface area contributed by atoms with Crippen LogP contribution in [0.4, 0.5) is 4.39 Å². The molecule has 0 aliphatic rings. The van der Waals surface area contributed by atoms with Crippen LogP contribution in [0.25, 0.3) is 5.69 Å². The molecule has 1 heterocycles.